The van der Waals surface area contributed by atoms with E-state index < -0.39 is 37.1 Å². The second kappa shape index (κ2) is 6.43. The number of carbonyl (C=O) groups is 2. The predicted octanol–water partition coefficient (Wildman–Crippen LogP) is -1.88. The number of aliphatic hydroxyl groups is 2. The number of imide groups is 1. The van der Waals surface area contributed by atoms with Crippen LogP contribution in [0.4, 0.5) is 4.39 Å². The summed E-state index contributed by atoms with van der Waals surface area (Å²) in [6.07, 6.45) is -3.84. The highest BCUT2D eigenvalue weighted by Crippen LogP contribution is 2.26. The number of hydrogen-bond acceptors (Lipinski definition) is 6. The van der Waals surface area contributed by atoms with Gasteiger partial charge in [-0.1, -0.05) is 0 Å². The van der Waals surface area contributed by atoms with Crippen LogP contribution in [0.25, 0.3) is 0 Å². The first kappa shape index (κ1) is 14.6. The van der Waals surface area contributed by atoms with Crippen LogP contribution in [0.2, 0.25) is 0 Å². The van der Waals surface area contributed by atoms with Gasteiger partial charge in [0.2, 0.25) is 6.41 Å². The van der Waals surface area contributed by atoms with Gasteiger partial charge in [-0.15, -0.1) is 0 Å². The molecule has 7 nitrogen and oxygen atoms in total. The SMILES string of the molecule is CN/C=C\C(=O)N(C=O)C1OC(CO)C(O)C1F. The summed E-state index contributed by atoms with van der Waals surface area (Å²) >= 11 is 0. The minimum atomic E-state index is -1.96. The van der Waals surface area contributed by atoms with Crippen LogP contribution >= 0.6 is 0 Å². The van der Waals surface area contributed by atoms with E-state index in [0.717, 1.165) is 6.08 Å². The molecule has 1 heterocycles. The van der Waals surface area contributed by atoms with Crippen molar-refractivity contribution in [3.8, 4) is 0 Å². The summed E-state index contributed by atoms with van der Waals surface area (Å²) in [5.74, 6) is -0.794. The number of rotatable bonds is 5. The van der Waals surface area contributed by atoms with Crippen LogP contribution in [-0.2, 0) is 14.3 Å². The molecule has 0 aromatic rings. The normalized spacial score (nSPS) is 31.6. The molecule has 0 bridgehead atoms. The second-order valence-corrected chi connectivity index (χ2v) is 3.66. The summed E-state index contributed by atoms with van der Waals surface area (Å²) in [6.45, 7) is -0.606. The number of ether oxygens (including phenoxy) is 1. The lowest BCUT2D eigenvalue weighted by molar-refractivity contribution is -0.152. The molecule has 0 saturated carbocycles. The van der Waals surface area contributed by atoms with E-state index in [0.29, 0.717) is 4.90 Å². The average Bonchev–Trinajstić information content (AvgIpc) is 2.65. The number of carbonyl (C=O) groups excluding carboxylic acids is 2. The topological polar surface area (TPSA) is 99.1 Å². The maximum atomic E-state index is 13.7. The van der Waals surface area contributed by atoms with Gasteiger partial charge in [-0.2, -0.15) is 0 Å². The zero-order chi connectivity index (χ0) is 13.7. The Bertz CT molecular complexity index is 338. The van der Waals surface area contributed by atoms with Gasteiger partial charge in [0, 0.05) is 19.3 Å². The highest BCUT2D eigenvalue weighted by Gasteiger charge is 2.47. The molecule has 18 heavy (non-hydrogen) atoms. The standard InChI is InChI=1S/C10H15FN2O5/c1-12-3-2-7(16)13(5-15)10-8(11)9(17)6(4-14)18-10/h2-3,5-6,8-10,12,14,17H,4H2,1H3/b3-2-. The summed E-state index contributed by atoms with van der Waals surface area (Å²) < 4.78 is 18.6. The Hall–Kier alpha value is -1.51. The van der Waals surface area contributed by atoms with Gasteiger partial charge in [-0.25, -0.2) is 4.39 Å². The van der Waals surface area contributed by atoms with Gasteiger partial charge >= 0.3 is 0 Å². The lowest BCUT2D eigenvalue weighted by Gasteiger charge is -2.22. The van der Waals surface area contributed by atoms with E-state index in [2.05, 4.69) is 5.32 Å². The maximum Gasteiger partial charge on any atom is 0.256 e. The minimum Gasteiger partial charge on any atom is -0.394 e. The Morgan fingerprint density at radius 1 is 1.61 bits per heavy atom. The molecule has 0 spiro atoms. The molecule has 102 valence electrons. The van der Waals surface area contributed by atoms with Crippen LogP contribution in [-0.4, -0.2) is 65.7 Å². The van der Waals surface area contributed by atoms with Gasteiger partial charge in [-0.05, 0) is 0 Å². The van der Waals surface area contributed by atoms with Crippen LogP contribution in [0.15, 0.2) is 12.3 Å². The third-order valence-electron chi connectivity index (χ3n) is 2.51. The molecule has 0 aliphatic carbocycles. The first-order valence-corrected chi connectivity index (χ1v) is 5.26. The molecule has 2 amide bonds. The smallest absolute Gasteiger partial charge is 0.256 e. The van der Waals surface area contributed by atoms with E-state index in [1.165, 1.54) is 6.20 Å². The van der Waals surface area contributed by atoms with Gasteiger partial charge in [0.15, 0.2) is 12.4 Å². The number of nitrogens with zero attached hydrogens (tertiary/aromatic N) is 1. The zero-order valence-corrected chi connectivity index (χ0v) is 9.69. The summed E-state index contributed by atoms with van der Waals surface area (Å²) in [7, 11) is 1.55. The highest BCUT2D eigenvalue weighted by atomic mass is 19.1. The van der Waals surface area contributed by atoms with Crippen molar-refractivity contribution in [1.82, 2.24) is 10.2 Å². The molecular weight excluding hydrogens is 247 g/mol. The van der Waals surface area contributed by atoms with Crippen molar-refractivity contribution in [3.05, 3.63) is 12.3 Å². The van der Waals surface area contributed by atoms with Gasteiger partial charge in [0.1, 0.15) is 12.2 Å². The molecule has 1 aliphatic heterocycles. The summed E-state index contributed by atoms with van der Waals surface area (Å²) in [4.78, 5) is 22.8. The van der Waals surface area contributed by atoms with Crippen molar-refractivity contribution in [2.75, 3.05) is 13.7 Å². The first-order valence-electron chi connectivity index (χ1n) is 5.26. The molecule has 1 aliphatic rings. The van der Waals surface area contributed by atoms with E-state index >= 15 is 0 Å². The Balaban J connectivity index is 2.80. The molecular formula is C10H15FN2O5. The van der Waals surface area contributed by atoms with Crippen LogP contribution in [0, 0.1) is 0 Å². The summed E-state index contributed by atoms with van der Waals surface area (Å²) in [6, 6.07) is 0. The van der Waals surface area contributed by atoms with Crippen LogP contribution in [0.3, 0.4) is 0 Å². The fraction of sp³-hybridized carbons (Fsp3) is 0.600. The van der Waals surface area contributed by atoms with Gasteiger partial charge in [-0.3, -0.25) is 14.5 Å². The van der Waals surface area contributed by atoms with E-state index in [1.807, 2.05) is 0 Å². The minimum absolute atomic E-state index is 0.117. The monoisotopic (exact) mass is 262 g/mol. The summed E-state index contributed by atoms with van der Waals surface area (Å²) in [5.41, 5.74) is 0. The molecule has 4 atom stereocenters. The van der Waals surface area contributed by atoms with Crippen molar-refractivity contribution in [3.63, 3.8) is 0 Å². The Morgan fingerprint density at radius 3 is 2.72 bits per heavy atom. The van der Waals surface area contributed by atoms with Gasteiger partial charge < -0.3 is 20.3 Å². The fourth-order valence-electron chi connectivity index (χ4n) is 1.56. The molecule has 3 N–H and O–H groups in total. The third-order valence-corrected chi connectivity index (χ3v) is 2.51. The Kier molecular flexibility index (Phi) is 5.20. The number of nitrogens with one attached hydrogen (secondary N) is 1. The lowest BCUT2D eigenvalue weighted by atomic mass is 10.1. The average molecular weight is 262 g/mol. The molecule has 0 aromatic heterocycles. The maximum absolute atomic E-state index is 13.7. The van der Waals surface area contributed by atoms with Gasteiger partial charge in [0.25, 0.3) is 5.91 Å². The quantitative estimate of drug-likeness (QED) is 0.396. The molecule has 0 aromatic carbocycles. The van der Waals surface area contributed by atoms with Gasteiger partial charge in [0.05, 0.1) is 6.61 Å². The third kappa shape index (κ3) is 2.84. The van der Waals surface area contributed by atoms with Crippen molar-refractivity contribution in [1.29, 1.82) is 0 Å². The predicted molar refractivity (Wildman–Crippen MR) is 57.8 cm³/mol. The van der Waals surface area contributed by atoms with E-state index in [4.69, 9.17) is 9.84 Å². The number of hydrogen-bond donors (Lipinski definition) is 3. The van der Waals surface area contributed by atoms with E-state index in [9.17, 15) is 19.1 Å². The van der Waals surface area contributed by atoms with Crippen LogP contribution < -0.4 is 5.32 Å². The van der Waals surface area contributed by atoms with Crippen molar-refractivity contribution in [2.45, 2.75) is 24.6 Å². The van der Waals surface area contributed by atoms with Crippen LogP contribution in [0.5, 0.6) is 0 Å². The van der Waals surface area contributed by atoms with E-state index in [1.54, 1.807) is 7.05 Å². The van der Waals surface area contributed by atoms with Crippen molar-refractivity contribution < 1.29 is 28.9 Å². The van der Waals surface area contributed by atoms with E-state index in [-0.39, 0.29) is 6.41 Å². The molecule has 8 heteroatoms. The number of alkyl halides is 1. The lowest BCUT2D eigenvalue weighted by Crippen LogP contribution is -2.44. The Labute approximate surface area is 103 Å². The molecule has 0 radical (unpaired) electrons. The largest absolute Gasteiger partial charge is 0.394 e. The molecule has 1 saturated heterocycles. The number of amides is 2. The zero-order valence-electron chi connectivity index (χ0n) is 9.69. The summed E-state index contributed by atoms with van der Waals surface area (Å²) in [5, 5.41) is 20.8. The van der Waals surface area contributed by atoms with Crippen molar-refractivity contribution in [2.24, 2.45) is 0 Å². The molecule has 4 unspecified atom stereocenters. The highest BCUT2D eigenvalue weighted by molar-refractivity contribution is 5.94. The first-order chi connectivity index (χ1) is 8.56. The second-order valence-electron chi connectivity index (χ2n) is 3.66. The fourth-order valence-corrected chi connectivity index (χ4v) is 1.56. The Morgan fingerprint density at radius 2 is 2.28 bits per heavy atom. The van der Waals surface area contributed by atoms with Crippen LogP contribution in [0.1, 0.15) is 0 Å². The van der Waals surface area contributed by atoms with Crippen molar-refractivity contribution >= 4 is 12.3 Å². The number of halogens is 1. The number of aliphatic hydroxyl groups excluding tert-OH is 2. The molecule has 1 fully saturated rings. The molecule has 1 rings (SSSR count).